The van der Waals surface area contributed by atoms with Crippen LogP contribution in [0.5, 0.6) is 0 Å². The second-order valence-electron chi connectivity index (χ2n) is 5.46. The largest absolute Gasteiger partial charge is 0.355 e. The van der Waals surface area contributed by atoms with Crippen molar-refractivity contribution in [2.24, 2.45) is 4.99 Å². The number of nitrogens with one attached hydrogen (secondary N) is 2. The van der Waals surface area contributed by atoms with Gasteiger partial charge in [-0.25, -0.2) is 0 Å². The van der Waals surface area contributed by atoms with Crippen molar-refractivity contribution in [2.75, 3.05) is 26.2 Å². The van der Waals surface area contributed by atoms with Gasteiger partial charge in [-0.15, -0.1) is 0 Å². The summed E-state index contributed by atoms with van der Waals surface area (Å²) in [4.78, 5) is 6.92. The topological polar surface area (TPSA) is 39.7 Å². The van der Waals surface area contributed by atoms with Crippen LogP contribution in [0.2, 0.25) is 0 Å². The lowest BCUT2D eigenvalue weighted by Crippen LogP contribution is -2.42. The fraction of sp³-hybridized carbons (Fsp3) is 0.533. The molecule has 0 saturated carbocycles. The van der Waals surface area contributed by atoms with Gasteiger partial charge in [-0.3, -0.25) is 9.89 Å². The maximum absolute atomic E-state index is 4.41. The zero-order valence-electron chi connectivity index (χ0n) is 11.5. The minimum absolute atomic E-state index is 0.476. The Balaban J connectivity index is 1.45. The second-order valence-corrected chi connectivity index (χ2v) is 5.46. The molecule has 0 fully saturated rings. The van der Waals surface area contributed by atoms with Gasteiger partial charge < -0.3 is 10.6 Å². The van der Waals surface area contributed by atoms with Crippen LogP contribution in [-0.4, -0.2) is 43.1 Å². The van der Waals surface area contributed by atoms with Crippen molar-refractivity contribution in [1.29, 1.82) is 0 Å². The summed E-state index contributed by atoms with van der Waals surface area (Å²) in [7, 11) is 0. The van der Waals surface area contributed by atoms with Crippen molar-refractivity contribution in [3.8, 4) is 0 Å². The molecule has 2 aliphatic heterocycles. The van der Waals surface area contributed by atoms with E-state index in [1.165, 1.54) is 17.5 Å². The Labute approximate surface area is 114 Å². The molecule has 19 heavy (non-hydrogen) atoms. The number of fused-ring (bicyclic) bond motifs is 1. The highest BCUT2D eigenvalue weighted by Gasteiger charge is 2.16. The van der Waals surface area contributed by atoms with Crippen LogP contribution in [-0.2, 0) is 13.0 Å². The number of nitrogens with zero attached hydrogens (tertiary/aromatic N) is 2. The average Bonchev–Trinajstić information content (AvgIpc) is 2.84. The standard InChI is InChI=1S/C15H22N4/c1-12-10-17-15(18-12)16-7-9-19-8-6-13-4-2-3-5-14(13)11-19/h2-5,12H,6-11H2,1H3,(H2,16,17,18). The molecule has 2 N–H and O–H groups in total. The maximum Gasteiger partial charge on any atom is 0.191 e. The first-order valence-corrected chi connectivity index (χ1v) is 7.15. The molecule has 0 spiro atoms. The molecule has 0 amide bonds. The molecule has 0 radical (unpaired) electrons. The quantitative estimate of drug-likeness (QED) is 0.849. The molecule has 102 valence electrons. The van der Waals surface area contributed by atoms with Crippen molar-refractivity contribution in [3.05, 3.63) is 35.4 Å². The van der Waals surface area contributed by atoms with E-state index in [-0.39, 0.29) is 0 Å². The van der Waals surface area contributed by atoms with E-state index in [9.17, 15) is 0 Å². The van der Waals surface area contributed by atoms with Crippen molar-refractivity contribution in [3.63, 3.8) is 0 Å². The lowest BCUT2D eigenvalue weighted by atomic mass is 10.00. The zero-order chi connectivity index (χ0) is 13.1. The summed E-state index contributed by atoms with van der Waals surface area (Å²) < 4.78 is 0. The average molecular weight is 258 g/mol. The Kier molecular flexibility index (Phi) is 3.69. The fourth-order valence-electron chi connectivity index (χ4n) is 2.74. The molecule has 3 rings (SSSR count). The smallest absolute Gasteiger partial charge is 0.191 e. The Morgan fingerprint density at radius 2 is 2.21 bits per heavy atom. The monoisotopic (exact) mass is 258 g/mol. The Morgan fingerprint density at radius 3 is 3.00 bits per heavy atom. The van der Waals surface area contributed by atoms with Crippen LogP contribution in [0.25, 0.3) is 0 Å². The predicted molar refractivity (Wildman–Crippen MR) is 78.3 cm³/mol. The normalized spacial score (nSPS) is 22.6. The summed E-state index contributed by atoms with van der Waals surface area (Å²) in [6.45, 7) is 7.31. The number of hydrogen-bond acceptors (Lipinski definition) is 4. The van der Waals surface area contributed by atoms with Crippen LogP contribution < -0.4 is 10.6 Å². The van der Waals surface area contributed by atoms with Crippen molar-refractivity contribution < 1.29 is 0 Å². The molecule has 4 heteroatoms. The lowest BCUT2D eigenvalue weighted by molar-refractivity contribution is 0.258. The summed E-state index contributed by atoms with van der Waals surface area (Å²) in [6, 6.07) is 9.26. The third-order valence-corrected chi connectivity index (χ3v) is 3.84. The lowest BCUT2D eigenvalue weighted by Gasteiger charge is -2.28. The van der Waals surface area contributed by atoms with Gasteiger partial charge in [0.2, 0.25) is 0 Å². The van der Waals surface area contributed by atoms with E-state index >= 15 is 0 Å². The third-order valence-electron chi connectivity index (χ3n) is 3.84. The molecular weight excluding hydrogens is 236 g/mol. The van der Waals surface area contributed by atoms with E-state index < -0.39 is 0 Å². The van der Waals surface area contributed by atoms with Gasteiger partial charge in [0.1, 0.15) is 0 Å². The second kappa shape index (κ2) is 5.61. The van der Waals surface area contributed by atoms with E-state index in [4.69, 9.17) is 0 Å². The van der Waals surface area contributed by atoms with Gasteiger partial charge in [-0.2, -0.15) is 0 Å². The summed E-state index contributed by atoms with van der Waals surface area (Å²) in [5.74, 6) is 0.963. The van der Waals surface area contributed by atoms with E-state index in [0.29, 0.717) is 6.04 Å². The maximum atomic E-state index is 4.41. The molecule has 1 aromatic carbocycles. The minimum atomic E-state index is 0.476. The summed E-state index contributed by atoms with van der Waals surface area (Å²) in [5, 5.41) is 6.71. The SMILES string of the molecule is CC1CN=C(NCCN2CCc3ccccc3C2)N1. The third kappa shape index (κ3) is 3.07. The minimum Gasteiger partial charge on any atom is -0.355 e. The zero-order valence-corrected chi connectivity index (χ0v) is 11.5. The Hall–Kier alpha value is -1.55. The molecule has 0 bridgehead atoms. The van der Waals surface area contributed by atoms with Crippen molar-refractivity contribution >= 4 is 5.96 Å². The Bertz CT molecular complexity index is 469. The highest BCUT2D eigenvalue weighted by molar-refractivity contribution is 5.81. The molecule has 1 aromatic rings. The molecular formula is C15H22N4. The van der Waals surface area contributed by atoms with Crippen LogP contribution >= 0.6 is 0 Å². The van der Waals surface area contributed by atoms with Crippen LogP contribution in [0.15, 0.2) is 29.3 Å². The van der Waals surface area contributed by atoms with Crippen LogP contribution in [0.4, 0.5) is 0 Å². The van der Waals surface area contributed by atoms with E-state index in [0.717, 1.165) is 38.7 Å². The molecule has 4 nitrogen and oxygen atoms in total. The first kappa shape index (κ1) is 12.5. The van der Waals surface area contributed by atoms with Crippen LogP contribution in [0.3, 0.4) is 0 Å². The number of rotatable bonds is 3. The molecule has 0 aromatic heterocycles. The highest BCUT2D eigenvalue weighted by Crippen LogP contribution is 2.17. The molecule has 0 aliphatic carbocycles. The molecule has 1 atom stereocenters. The summed E-state index contributed by atoms with van der Waals surface area (Å²) in [5.41, 5.74) is 3.00. The van der Waals surface area contributed by atoms with E-state index in [1.807, 2.05) is 0 Å². The number of hydrogen-bond donors (Lipinski definition) is 2. The molecule has 1 unspecified atom stereocenters. The summed E-state index contributed by atoms with van der Waals surface area (Å²) in [6.07, 6.45) is 1.17. The first-order valence-electron chi connectivity index (χ1n) is 7.15. The fourth-order valence-corrected chi connectivity index (χ4v) is 2.74. The number of benzene rings is 1. The molecule has 0 saturated heterocycles. The van der Waals surface area contributed by atoms with Gasteiger partial charge >= 0.3 is 0 Å². The first-order chi connectivity index (χ1) is 9.31. The van der Waals surface area contributed by atoms with Gasteiger partial charge in [-0.1, -0.05) is 24.3 Å². The van der Waals surface area contributed by atoms with Crippen molar-refractivity contribution in [2.45, 2.75) is 25.9 Å². The van der Waals surface area contributed by atoms with E-state index in [2.05, 4.69) is 51.7 Å². The summed E-state index contributed by atoms with van der Waals surface area (Å²) >= 11 is 0. The number of aliphatic imine (C=N–C) groups is 1. The van der Waals surface area contributed by atoms with Crippen LogP contribution in [0, 0.1) is 0 Å². The molecule has 2 heterocycles. The van der Waals surface area contributed by atoms with Gasteiger partial charge in [0.25, 0.3) is 0 Å². The molecule has 2 aliphatic rings. The van der Waals surface area contributed by atoms with Gasteiger partial charge in [0.15, 0.2) is 5.96 Å². The van der Waals surface area contributed by atoms with Gasteiger partial charge in [0.05, 0.1) is 6.54 Å². The number of guanidine groups is 1. The van der Waals surface area contributed by atoms with Gasteiger partial charge in [0, 0.05) is 32.2 Å². The van der Waals surface area contributed by atoms with Gasteiger partial charge in [-0.05, 0) is 24.5 Å². The predicted octanol–water partition coefficient (Wildman–Crippen LogP) is 0.982. The van der Waals surface area contributed by atoms with Crippen LogP contribution in [0.1, 0.15) is 18.1 Å². The van der Waals surface area contributed by atoms with E-state index in [1.54, 1.807) is 0 Å². The van der Waals surface area contributed by atoms with Crippen molar-refractivity contribution in [1.82, 2.24) is 15.5 Å². The highest BCUT2D eigenvalue weighted by atomic mass is 15.2. The Morgan fingerprint density at radius 1 is 1.37 bits per heavy atom.